The minimum Gasteiger partial charge on any atom is -0.480 e. The molecule has 0 fully saturated rings. The molecule has 0 bridgehead atoms. The zero-order chi connectivity index (χ0) is 32.4. The minimum absolute atomic E-state index is 0.0631. The average Bonchev–Trinajstić information content (AvgIpc) is 2.91. The van der Waals surface area contributed by atoms with E-state index >= 15 is 0 Å². The van der Waals surface area contributed by atoms with E-state index in [4.69, 9.17) is 0 Å². The van der Waals surface area contributed by atoms with Crippen LogP contribution in [0.4, 0.5) is 0 Å². The summed E-state index contributed by atoms with van der Waals surface area (Å²) >= 11 is 1.51. The zero-order valence-corrected chi connectivity index (χ0v) is 28.0. The molecule has 1 rings (SSSR count). The van der Waals surface area contributed by atoms with Crippen molar-refractivity contribution >= 4 is 35.5 Å². The molecule has 10 heteroatoms. The van der Waals surface area contributed by atoms with E-state index in [0.717, 1.165) is 5.56 Å². The highest BCUT2D eigenvalue weighted by Gasteiger charge is 2.41. The van der Waals surface area contributed by atoms with Gasteiger partial charge in [-0.05, 0) is 49.3 Å². The highest BCUT2D eigenvalue weighted by Crippen LogP contribution is 2.29. The minimum atomic E-state index is -1.09. The molecule has 4 unspecified atom stereocenters. The third kappa shape index (κ3) is 10.2. The summed E-state index contributed by atoms with van der Waals surface area (Å²) in [6, 6.07) is 6.85. The summed E-state index contributed by atoms with van der Waals surface area (Å²) in [7, 11) is 3.40. The van der Waals surface area contributed by atoms with E-state index in [2.05, 4.69) is 16.0 Å². The quantitative estimate of drug-likeness (QED) is 0.224. The Hall–Kier alpha value is -2.85. The van der Waals surface area contributed by atoms with Crippen LogP contribution in [0.1, 0.15) is 67.4 Å². The van der Waals surface area contributed by atoms with E-state index in [1.54, 1.807) is 32.0 Å². The SMILES string of the molecule is CNC(C(=O)NC(C(=O)N(C)C(C=C(C)C(=O)NC(CCSC)C(=O)O)C(C)C)C(C)(C)C)C(C)(C)c1ccccc1. The fraction of sp³-hybridized carbons (Fsp3) is 0.625. The second-order valence-corrected chi connectivity index (χ2v) is 13.8. The average molecular weight is 605 g/mol. The number of thioether (sulfide) groups is 1. The van der Waals surface area contributed by atoms with Gasteiger partial charge in [0.05, 0.1) is 12.1 Å². The molecular formula is C32H52N4O5S. The van der Waals surface area contributed by atoms with Crippen molar-refractivity contribution in [3.8, 4) is 0 Å². The number of nitrogens with one attached hydrogen (secondary N) is 3. The first kappa shape index (κ1) is 37.2. The number of nitrogens with zero attached hydrogens (tertiary/aromatic N) is 1. The Morgan fingerprint density at radius 1 is 1.00 bits per heavy atom. The molecule has 0 spiro atoms. The molecule has 0 aliphatic heterocycles. The molecule has 0 aliphatic rings. The number of carbonyl (C=O) groups is 4. The molecule has 0 aliphatic carbocycles. The summed E-state index contributed by atoms with van der Waals surface area (Å²) < 4.78 is 0. The number of aliphatic carboxylic acids is 1. The van der Waals surface area contributed by atoms with Gasteiger partial charge in [-0.1, -0.05) is 84.9 Å². The van der Waals surface area contributed by atoms with Crippen LogP contribution in [-0.4, -0.2) is 84.0 Å². The second-order valence-electron chi connectivity index (χ2n) is 12.8. The summed E-state index contributed by atoms with van der Waals surface area (Å²) in [5, 5.41) is 18.3. The summed E-state index contributed by atoms with van der Waals surface area (Å²) in [6.45, 7) is 15.2. The van der Waals surface area contributed by atoms with Crippen LogP contribution in [0.25, 0.3) is 0 Å². The van der Waals surface area contributed by atoms with Crippen molar-refractivity contribution in [3.63, 3.8) is 0 Å². The lowest BCUT2D eigenvalue weighted by Crippen LogP contribution is -2.61. The number of carbonyl (C=O) groups excluding carboxylic acids is 3. The molecule has 0 saturated carbocycles. The van der Waals surface area contributed by atoms with Gasteiger partial charge in [-0.15, -0.1) is 0 Å². The third-order valence-electron chi connectivity index (χ3n) is 7.66. The fourth-order valence-electron chi connectivity index (χ4n) is 4.93. The number of hydrogen-bond acceptors (Lipinski definition) is 6. The predicted octanol–water partition coefficient (Wildman–Crippen LogP) is 3.83. The number of rotatable bonds is 15. The maximum absolute atomic E-state index is 14.0. The molecule has 1 aromatic rings. The maximum atomic E-state index is 14.0. The van der Waals surface area contributed by atoms with Crippen LogP contribution in [0.3, 0.4) is 0 Å². The smallest absolute Gasteiger partial charge is 0.326 e. The van der Waals surface area contributed by atoms with Gasteiger partial charge in [-0.25, -0.2) is 4.79 Å². The predicted molar refractivity (Wildman–Crippen MR) is 171 cm³/mol. The van der Waals surface area contributed by atoms with Crippen molar-refractivity contribution in [1.29, 1.82) is 0 Å². The van der Waals surface area contributed by atoms with Crippen molar-refractivity contribution in [2.24, 2.45) is 11.3 Å². The van der Waals surface area contributed by atoms with Gasteiger partial charge >= 0.3 is 5.97 Å². The number of hydrogen-bond donors (Lipinski definition) is 4. The van der Waals surface area contributed by atoms with Gasteiger partial charge in [0.25, 0.3) is 0 Å². The molecule has 42 heavy (non-hydrogen) atoms. The van der Waals surface area contributed by atoms with Crippen molar-refractivity contribution in [3.05, 3.63) is 47.5 Å². The van der Waals surface area contributed by atoms with Crippen LogP contribution < -0.4 is 16.0 Å². The van der Waals surface area contributed by atoms with Gasteiger partial charge in [0, 0.05) is 18.0 Å². The Balaban J connectivity index is 3.27. The van der Waals surface area contributed by atoms with E-state index < -0.39 is 46.9 Å². The van der Waals surface area contributed by atoms with E-state index in [9.17, 15) is 24.3 Å². The molecule has 4 atom stereocenters. The van der Waals surface area contributed by atoms with Gasteiger partial charge < -0.3 is 26.0 Å². The largest absolute Gasteiger partial charge is 0.480 e. The summed E-state index contributed by atoms with van der Waals surface area (Å²) in [4.78, 5) is 53.8. The molecule has 0 saturated heterocycles. The van der Waals surface area contributed by atoms with Gasteiger partial charge in [-0.2, -0.15) is 11.8 Å². The molecule has 1 aromatic carbocycles. The van der Waals surface area contributed by atoms with Gasteiger partial charge in [0.1, 0.15) is 12.1 Å². The third-order valence-corrected chi connectivity index (χ3v) is 8.30. The number of amides is 3. The molecule has 4 N–H and O–H groups in total. The topological polar surface area (TPSA) is 128 Å². The fourth-order valence-corrected chi connectivity index (χ4v) is 5.40. The number of benzene rings is 1. The van der Waals surface area contributed by atoms with Crippen molar-refractivity contribution in [2.45, 2.75) is 91.4 Å². The number of carboxylic acids is 1. The van der Waals surface area contributed by atoms with Gasteiger partial charge in [-0.3, -0.25) is 14.4 Å². The molecule has 236 valence electrons. The highest BCUT2D eigenvalue weighted by molar-refractivity contribution is 7.98. The van der Waals surface area contributed by atoms with Crippen LogP contribution >= 0.6 is 11.8 Å². The molecule has 0 radical (unpaired) electrons. The Labute approximate surface area is 256 Å². The van der Waals surface area contributed by atoms with Crippen LogP contribution in [0.2, 0.25) is 0 Å². The number of carboxylic acid groups (broad SMARTS) is 1. The molecule has 0 heterocycles. The van der Waals surface area contributed by atoms with Crippen LogP contribution in [0.15, 0.2) is 42.0 Å². The van der Waals surface area contributed by atoms with Crippen molar-refractivity contribution in [1.82, 2.24) is 20.9 Å². The van der Waals surface area contributed by atoms with E-state index in [1.807, 2.05) is 85.1 Å². The van der Waals surface area contributed by atoms with Crippen molar-refractivity contribution in [2.75, 3.05) is 26.1 Å². The normalized spacial score (nSPS) is 15.4. The second kappa shape index (κ2) is 16.1. The molecule has 9 nitrogen and oxygen atoms in total. The van der Waals surface area contributed by atoms with E-state index in [0.29, 0.717) is 17.7 Å². The first-order valence-corrected chi connectivity index (χ1v) is 15.8. The lowest BCUT2D eigenvalue weighted by Gasteiger charge is -2.40. The Morgan fingerprint density at radius 2 is 1.57 bits per heavy atom. The van der Waals surface area contributed by atoms with E-state index in [-0.39, 0.29) is 17.7 Å². The van der Waals surface area contributed by atoms with Crippen LogP contribution in [0.5, 0.6) is 0 Å². The lowest BCUT2D eigenvalue weighted by atomic mass is 9.76. The highest BCUT2D eigenvalue weighted by atomic mass is 32.2. The van der Waals surface area contributed by atoms with E-state index in [1.165, 1.54) is 11.8 Å². The Kier molecular flexibility index (Phi) is 14.3. The lowest BCUT2D eigenvalue weighted by molar-refractivity contribution is -0.141. The molecule has 0 aromatic heterocycles. The number of likely N-dealkylation sites (N-methyl/N-ethyl adjacent to an activating group) is 2. The molecular weight excluding hydrogens is 552 g/mol. The van der Waals surface area contributed by atoms with Crippen LogP contribution in [0, 0.1) is 11.3 Å². The standard InChI is InChI=1S/C32H52N4O5S/c1-20(2)24(19-21(3)27(37)34-23(30(40)41)17-18-42-11)36(10)29(39)26(31(4,5)6)35-28(38)25(33-9)32(7,8)22-15-13-12-14-16-22/h12-16,19-20,23-26,33H,17-18H2,1-11H3,(H,34,37)(H,35,38)(H,40,41). The first-order chi connectivity index (χ1) is 19.4. The first-order valence-electron chi connectivity index (χ1n) is 14.4. The van der Waals surface area contributed by atoms with Gasteiger partial charge in [0.15, 0.2) is 0 Å². The Morgan fingerprint density at radius 3 is 2.02 bits per heavy atom. The van der Waals surface area contributed by atoms with Crippen molar-refractivity contribution < 1.29 is 24.3 Å². The Bertz CT molecular complexity index is 1100. The summed E-state index contributed by atoms with van der Waals surface area (Å²) in [6.07, 6.45) is 3.88. The molecule has 3 amide bonds. The summed E-state index contributed by atoms with van der Waals surface area (Å²) in [5.41, 5.74) is 0.141. The zero-order valence-electron chi connectivity index (χ0n) is 27.2. The summed E-state index contributed by atoms with van der Waals surface area (Å²) in [5.74, 6) is -1.61. The monoisotopic (exact) mass is 604 g/mol. The maximum Gasteiger partial charge on any atom is 0.326 e. The van der Waals surface area contributed by atoms with Gasteiger partial charge in [0.2, 0.25) is 17.7 Å². The van der Waals surface area contributed by atoms with Crippen LogP contribution in [-0.2, 0) is 24.6 Å².